The molecule has 3 nitrogen and oxygen atoms in total. The molecule has 0 unspecified atom stereocenters. The predicted octanol–water partition coefficient (Wildman–Crippen LogP) is 4.12. The first-order valence-corrected chi connectivity index (χ1v) is 8.57. The highest BCUT2D eigenvalue weighted by molar-refractivity contribution is 5.94. The van der Waals surface area contributed by atoms with E-state index in [0.29, 0.717) is 25.1 Å². The third-order valence-electron chi connectivity index (χ3n) is 5.51. The smallest absolute Gasteiger partial charge is 0.253 e. The van der Waals surface area contributed by atoms with E-state index in [1.165, 1.54) is 12.1 Å². The lowest BCUT2D eigenvalue weighted by atomic mass is 9.71. The van der Waals surface area contributed by atoms with Gasteiger partial charge in [-0.05, 0) is 48.7 Å². The van der Waals surface area contributed by atoms with Crippen LogP contribution >= 0.6 is 0 Å². The second-order valence-corrected chi connectivity index (χ2v) is 7.72. The fourth-order valence-electron chi connectivity index (χ4n) is 3.22. The Morgan fingerprint density at radius 1 is 1.00 bits per heavy atom. The summed E-state index contributed by atoms with van der Waals surface area (Å²) in [5.74, 6) is -0.284. The highest BCUT2D eigenvalue weighted by Gasteiger charge is 2.45. The molecule has 25 heavy (non-hydrogen) atoms. The first-order valence-electron chi connectivity index (χ1n) is 8.57. The number of hydrogen-bond acceptors (Lipinski definition) is 2. The monoisotopic (exact) mass is 341 g/mol. The molecular weight excluding hydrogens is 317 g/mol. The summed E-state index contributed by atoms with van der Waals surface area (Å²) in [6.45, 7) is 6.90. The van der Waals surface area contributed by atoms with E-state index < -0.39 is 5.60 Å². The molecular formula is C21H24FNO2. The van der Waals surface area contributed by atoms with Crippen molar-refractivity contribution in [1.82, 2.24) is 4.90 Å². The third kappa shape index (κ3) is 3.45. The quantitative estimate of drug-likeness (QED) is 0.893. The van der Waals surface area contributed by atoms with Crippen molar-refractivity contribution in [2.45, 2.75) is 32.8 Å². The van der Waals surface area contributed by atoms with Crippen LogP contribution < -0.4 is 0 Å². The molecule has 1 atom stereocenters. The molecule has 1 heterocycles. The lowest BCUT2D eigenvalue weighted by Crippen LogP contribution is -2.56. The SMILES string of the molecule is CC1(C)CN(C(=O)c2ccc(-c3ccc(F)cc3)cc2)CC[C@]1(C)O. The Morgan fingerprint density at radius 2 is 1.52 bits per heavy atom. The molecule has 0 spiro atoms. The van der Waals surface area contributed by atoms with Crippen LogP contribution in [0.5, 0.6) is 0 Å². The van der Waals surface area contributed by atoms with Gasteiger partial charge >= 0.3 is 0 Å². The van der Waals surface area contributed by atoms with Gasteiger partial charge in [0, 0.05) is 24.1 Å². The zero-order valence-electron chi connectivity index (χ0n) is 14.9. The molecule has 1 amide bonds. The van der Waals surface area contributed by atoms with Crippen molar-refractivity contribution in [2.24, 2.45) is 5.41 Å². The molecule has 0 aliphatic carbocycles. The summed E-state index contributed by atoms with van der Waals surface area (Å²) >= 11 is 0. The number of amides is 1. The number of carbonyl (C=O) groups is 1. The minimum Gasteiger partial charge on any atom is -0.389 e. The topological polar surface area (TPSA) is 40.5 Å². The summed E-state index contributed by atoms with van der Waals surface area (Å²) in [6, 6.07) is 13.7. The molecule has 4 heteroatoms. The number of aliphatic hydroxyl groups is 1. The van der Waals surface area contributed by atoms with E-state index in [1.807, 2.05) is 37.8 Å². The zero-order chi connectivity index (χ0) is 18.2. The van der Waals surface area contributed by atoms with Crippen LogP contribution in [0.4, 0.5) is 4.39 Å². The third-order valence-corrected chi connectivity index (χ3v) is 5.51. The van der Waals surface area contributed by atoms with E-state index in [1.54, 1.807) is 24.3 Å². The minimum absolute atomic E-state index is 0.0192. The van der Waals surface area contributed by atoms with Crippen LogP contribution in [0.1, 0.15) is 37.6 Å². The molecule has 1 saturated heterocycles. The predicted molar refractivity (Wildman–Crippen MR) is 96.8 cm³/mol. The highest BCUT2D eigenvalue weighted by atomic mass is 19.1. The fourth-order valence-corrected chi connectivity index (χ4v) is 3.22. The maximum absolute atomic E-state index is 13.0. The van der Waals surface area contributed by atoms with Gasteiger partial charge in [-0.1, -0.05) is 38.1 Å². The number of likely N-dealkylation sites (tertiary alicyclic amines) is 1. The minimum atomic E-state index is -0.768. The summed E-state index contributed by atoms with van der Waals surface area (Å²) < 4.78 is 13.0. The number of halogens is 1. The molecule has 0 radical (unpaired) electrons. The Bertz CT molecular complexity index is 763. The average molecular weight is 341 g/mol. The highest BCUT2D eigenvalue weighted by Crippen LogP contribution is 2.38. The molecule has 0 bridgehead atoms. The second-order valence-electron chi connectivity index (χ2n) is 7.72. The van der Waals surface area contributed by atoms with Gasteiger partial charge in [0.2, 0.25) is 0 Å². The van der Waals surface area contributed by atoms with Crippen molar-refractivity contribution >= 4 is 5.91 Å². The molecule has 3 rings (SSSR count). The first-order chi connectivity index (χ1) is 11.7. The molecule has 1 aliphatic rings. The first kappa shape index (κ1) is 17.6. The number of piperidine rings is 1. The van der Waals surface area contributed by atoms with Crippen molar-refractivity contribution < 1.29 is 14.3 Å². The summed E-state index contributed by atoms with van der Waals surface area (Å²) in [4.78, 5) is 14.6. The molecule has 0 saturated carbocycles. The molecule has 1 aliphatic heterocycles. The Kier molecular flexibility index (Phi) is 4.41. The van der Waals surface area contributed by atoms with Crippen molar-refractivity contribution in [2.75, 3.05) is 13.1 Å². The fraction of sp³-hybridized carbons (Fsp3) is 0.381. The van der Waals surface area contributed by atoms with E-state index in [4.69, 9.17) is 0 Å². The van der Waals surface area contributed by atoms with Gasteiger partial charge in [-0.25, -0.2) is 4.39 Å². The van der Waals surface area contributed by atoms with Gasteiger partial charge in [-0.15, -0.1) is 0 Å². The Labute approximate surface area is 148 Å². The summed E-state index contributed by atoms with van der Waals surface area (Å²) in [6.07, 6.45) is 0.569. The summed E-state index contributed by atoms with van der Waals surface area (Å²) in [5, 5.41) is 10.5. The van der Waals surface area contributed by atoms with Crippen LogP contribution in [-0.4, -0.2) is 34.6 Å². The molecule has 1 N–H and O–H groups in total. The summed E-state index contributed by atoms with van der Waals surface area (Å²) in [5.41, 5.74) is 1.36. The molecule has 2 aromatic carbocycles. The molecule has 1 fully saturated rings. The van der Waals surface area contributed by atoms with Gasteiger partial charge in [-0.2, -0.15) is 0 Å². The molecule has 0 aromatic heterocycles. The number of hydrogen-bond donors (Lipinski definition) is 1. The van der Waals surface area contributed by atoms with Crippen LogP contribution in [0.2, 0.25) is 0 Å². The van der Waals surface area contributed by atoms with Crippen molar-refractivity contribution in [3.8, 4) is 11.1 Å². The van der Waals surface area contributed by atoms with E-state index in [9.17, 15) is 14.3 Å². The normalized spacial score (nSPS) is 22.7. The van der Waals surface area contributed by atoms with Gasteiger partial charge in [0.1, 0.15) is 5.82 Å². The van der Waals surface area contributed by atoms with Crippen LogP contribution in [0.15, 0.2) is 48.5 Å². The van der Waals surface area contributed by atoms with Gasteiger partial charge in [-0.3, -0.25) is 4.79 Å². The average Bonchev–Trinajstić information content (AvgIpc) is 2.58. The zero-order valence-corrected chi connectivity index (χ0v) is 14.9. The lowest BCUT2D eigenvalue weighted by Gasteiger charge is -2.48. The van der Waals surface area contributed by atoms with E-state index in [0.717, 1.165) is 11.1 Å². The van der Waals surface area contributed by atoms with Gasteiger partial charge in [0.05, 0.1) is 5.60 Å². The second kappa shape index (κ2) is 6.26. The molecule has 132 valence electrons. The van der Waals surface area contributed by atoms with Crippen LogP contribution in [0, 0.1) is 11.2 Å². The van der Waals surface area contributed by atoms with Crippen LogP contribution in [0.3, 0.4) is 0 Å². The van der Waals surface area contributed by atoms with Crippen molar-refractivity contribution in [1.29, 1.82) is 0 Å². The van der Waals surface area contributed by atoms with Crippen LogP contribution in [0.25, 0.3) is 11.1 Å². The largest absolute Gasteiger partial charge is 0.389 e. The number of carbonyl (C=O) groups excluding carboxylic acids is 1. The summed E-state index contributed by atoms with van der Waals surface area (Å²) in [7, 11) is 0. The standard InChI is InChI=1S/C21H24FNO2/c1-20(2)14-23(13-12-21(20,3)25)19(24)17-6-4-15(5-7-17)16-8-10-18(22)11-9-16/h4-11,25H,12-14H2,1-3H3/t21-/m0/s1. The Balaban J connectivity index is 1.76. The van der Waals surface area contributed by atoms with E-state index >= 15 is 0 Å². The van der Waals surface area contributed by atoms with Gasteiger partial charge in [0.25, 0.3) is 5.91 Å². The maximum Gasteiger partial charge on any atom is 0.253 e. The van der Waals surface area contributed by atoms with Gasteiger partial charge < -0.3 is 10.0 Å². The van der Waals surface area contributed by atoms with Crippen molar-refractivity contribution in [3.63, 3.8) is 0 Å². The van der Waals surface area contributed by atoms with Gasteiger partial charge in [0.15, 0.2) is 0 Å². The lowest BCUT2D eigenvalue weighted by molar-refractivity contribution is -0.0971. The van der Waals surface area contributed by atoms with Crippen molar-refractivity contribution in [3.05, 3.63) is 59.9 Å². The van der Waals surface area contributed by atoms with Crippen LogP contribution in [-0.2, 0) is 0 Å². The van der Waals surface area contributed by atoms with E-state index in [2.05, 4.69) is 0 Å². The Morgan fingerprint density at radius 3 is 2.04 bits per heavy atom. The maximum atomic E-state index is 13.0. The number of benzene rings is 2. The molecule has 2 aromatic rings. The number of nitrogens with zero attached hydrogens (tertiary/aromatic N) is 1. The van der Waals surface area contributed by atoms with E-state index in [-0.39, 0.29) is 17.1 Å². The number of rotatable bonds is 2. The Hall–Kier alpha value is -2.20.